The average molecular weight is 354 g/mol. The minimum atomic E-state index is -0.341. The minimum absolute atomic E-state index is 0.122. The average Bonchev–Trinajstić information content (AvgIpc) is 2.68. The molecular weight excluding hydrogens is 331 g/mol. The summed E-state index contributed by atoms with van der Waals surface area (Å²) in [5.74, 6) is 0.105. The van der Waals surface area contributed by atoms with Crippen molar-refractivity contribution in [3.8, 4) is 5.75 Å². The van der Waals surface area contributed by atoms with E-state index in [0.717, 1.165) is 42.9 Å². The number of fused-ring (bicyclic) bond motifs is 1. The molecule has 1 saturated heterocycles. The second kappa shape index (κ2) is 7.36. The van der Waals surface area contributed by atoms with Crippen LogP contribution < -0.4 is 15.0 Å². The number of para-hydroxylation sites is 1. The molecule has 136 valence electrons. The van der Waals surface area contributed by atoms with Crippen molar-refractivity contribution < 1.29 is 13.9 Å². The maximum absolute atomic E-state index is 13.8. The standard InChI is InChI=1S/C21H23FN2O2/c22-17-8-9-19(24-10-4-1-5-11-24)18(13-17)23-21(25)16-12-15-6-2-3-7-20(15)26-14-16/h2-3,6-9,13,16H,1,4-5,10-12,14H2,(H,23,25). The van der Waals surface area contributed by atoms with Crippen molar-refractivity contribution in [2.75, 3.05) is 29.9 Å². The van der Waals surface area contributed by atoms with E-state index in [1.165, 1.54) is 18.6 Å². The summed E-state index contributed by atoms with van der Waals surface area (Å²) in [6.07, 6.45) is 4.10. The van der Waals surface area contributed by atoms with E-state index in [1.54, 1.807) is 6.07 Å². The molecule has 2 aromatic rings. The molecular formula is C21H23FN2O2. The van der Waals surface area contributed by atoms with E-state index in [1.807, 2.05) is 24.3 Å². The number of hydrogen-bond donors (Lipinski definition) is 1. The molecule has 5 heteroatoms. The Balaban J connectivity index is 1.52. The molecule has 0 bridgehead atoms. The number of carbonyl (C=O) groups is 1. The van der Waals surface area contributed by atoms with Crippen LogP contribution in [0.1, 0.15) is 24.8 Å². The lowest BCUT2D eigenvalue weighted by Gasteiger charge is -2.31. The van der Waals surface area contributed by atoms with Crippen molar-refractivity contribution in [3.05, 3.63) is 53.8 Å². The highest BCUT2D eigenvalue weighted by Gasteiger charge is 2.27. The van der Waals surface area contributed by atoms with Crippen LogP contribution >= 0.6 is 0 Å². The fourth-order valence-electron chi connectivity index (χ4n) is 3.75. The molecule has 0 spiro atoms. The van der Waals surface area contributed by atoms with Gasteiger partial charge in [0.05, 0.1) is 17.3 Å². The zero-order chi connectivity index (χ0) is 17.9. The normalized spacial score (nSPS) is 19.4. The Kier molecular flexibility index (Phi) is 4.78. The van der Waals surface area contributed by atoms with Gasteiger partial charge in [-0.2, -0.15) is 0 Å². The van der Waals surface area contributed by atoms with E-state index in [2.05, 4.69) is 10.2 Å². The van der Waals surface area contributed by atoms with Gasteiger partial charge in [-0.15, -0.1) is 0 Å². The van der Waals surface area contributed by atoms with Crippen LogP contribution in [0.15, 0.2) is 42.5 Å². The van der Waals surface area contributed by atoms with Gasteiger partial charge in [-0.3, -0.25) is 4.79 Å². The van der Waals surface area contributed by atoms with Crippen LogP contribution in [0.2, 0.25) is 0 Å². The zero-order valence-electron chi connectivity index (χ0n) is 14.7. The zero-order valence-corrected chi connectivity index (χ0v) is 14.7. The van der Waals surface area contributed by atoms with Crippen LogP contribution in [0.3, 0.4) is 0 Å². The van der Waals surface area contributed by atoms with Crippen LogP contribution in [0, 0.1) is 11.7 Å². The van der Waals surface area contributed by atoms with E-state index in [-0.39, 0.29) is 17.6 Å². The Labute approximate surface area is 153 Å². The largest absolute Gasteiger partial charge is 0.492 e. The lowest BCUT2D eigenvalue weighted by atomic mass is 9.96. The minimum Gasteiger partial charge on any atom is -0.492 e. The van der Waals surface area contributed by atoms with Crippen molar-refractivity contribution in [2.45, 2.75) is 25.7 Å². The number of carbonyl (C=O) groups excluding carboxylic acids is 1. The summed E-state index contributed by atoms with van der Waals surface area (Å²) in [7, 11) is 0. The summed E-state index contributed by atoms with van der Waals surface area (Å²) in [6.45, 7) is 2.22. The predicted molar refractivity (Wildman–Crippen MR) is 100 cm³/mol. The number of benzene rings is 2. The lowest BCUT2D eigenvalue weighted by molar-refractivity contribution is -0.121. The molecule has 0 aliphatic carbocycles. The number of amides is 1. The van der Waals surface area contributed by atoms with E-state index >= 15 is 0 Å². The van der Waals surface area contributed by atoms with Crippen molar-refractivity contribution in [1.82, 2.24) is 0 Å². The van der Waals surface area contributed by atoms with E-state index in [4.69, 9.17) is 4.74 Å². The number of anilines is 2. The van der Waals surface area contributed by atoms with Gasteiger partial charge in [0, 0.05) is 13.1 Å². The Morgan fingerprint density at radius 3 is 2.77 bits per heavy atom. The van der Waals surface area contributed by atoms with Gasteiger partial charge >= 0.3 is 0 Å². The smallest absolute Gasteiger partial charge is 0.231 e. The second-order valence-corrected chi connectivity index (χ2v) is 7.02. The number of halogens is 1. The highest BCUT2D eigenvalue weighted by Crippen LogP contribution is 2.31. The molecule has 1 fully saturated rings. The first-order valence-corrected chi connectivity index (χ1v) is 9.27. The molecule has 2 aromatic carbocycles. The third-order valence-electron chi connectivity index (χ3n) is 5.16. The predicted octanol–water partition coefficient (Wildman–Crippen LogP) is 4.01. The van der Waals surface area contributed by atoms with Gasteiger partial charge < -0.3 is 15.0 Å². The van der Waals surface area contributed by atoms with E-state index < -0.39 is 0 Å². The summed E-state index contributed by atoms with van der Waals surface area (Å²) < 4.78 is 19.5. The van der Waals surface area contributed by atoms with Crippen LogP contribution in [-0.2, 0) is 11.2 Å². The summed E-state index contributed by atoms with van der Waals surface area (Å²) in [6, 6.07) is 12.4. The fraction of sp³-hybridized carbons (Fsp3) is 0.381. The highest BCUT2D eigenvalue weighted by atomic mass is 19.1. The van der Waals surface area contributed by atoms with E-state index in [9.17, 15) is 9.18 Å². The maximum atomic E-state index is 13.8. The van der Waals surface area contributed by atoms with Crippen LogP contribution in [0.5, 0.6) is 5.75 Å². The van der Waals surface area contributed by atoms with Gasteiger partial charge in [0.1, 0.15) is 18.2 Å². The third kappa shape index (κ3) is 3.52. The van der Waals surface area contributed by atoms with E-state index in [0.29, 0.717) is 18.7 Å². The van der Waals surface area contributed by atoms with Gasteiger partial charge in [-0.05, 0) is 55.5 Å². The molecule has 2 aliphatic rings. The molecule has 4 nitrogen and oxygen atoms in total. The van der Waals surface area contributed by atoms with Gasteiger partial charge in [0.2, 0.25) is 5.91 Å². The van der Waals surface area contributed by atoms with Crippen molar-refractivity contribution in [2.24, 2.45) is 5.92 Å². The number of nitrogens with zero attached hydrogens (tertiary/aromatic N) is 1. The first kappa shape index (κ1) is 16.9. The van der Waals surface area contributed by atoms with Crippen molar-refractivity contribution in [1.29, 1.82) is 0 Å². The molecule has 26 heavy (non-hydrogen) atoms. The lowest BCUT2D eigenvalue weighted by Crippen LogP contribution is -2.34. The molecule has 1 N–H and O–H groups in total. The molecule has 1 unspecified atom stereocenters. The molecule has 1 atom stereocenters. The molecule has 2 heterocycles. The molecule has 0 aromatic heterocycles. The molecule has 2 aliphatic heterocycles. The first-order chi connectivity index (χ1) is 12.7. The monoisotopic (exact) mass is 354 g/mol. The number of piperidine rings is 1. The molecule has 0 radical (unpaired) electrons. The number of rotatable bonds is 3. The van der Waals surface area contributed by atoms with Gasteiger partial charge in [-0.1, -0.05) is 18.2 Å². The molecule has 1 amide bonds. The van der Waals surface area contributed by atoms with Gasteiger partial charge in [0.25, 0.3) is 0 Å². The third-order valence-corrected chi connectivity index (χ3v) is 5.16. The first-order valence-electron chi connectivity index (χ1n) is 9.27. The van der Waals surface area contributed by atoms with Crippen molar-refractivity contribution >= 4 is 17.3 Å². The molecule has 4 rings (SSSR count). The number of hydrogen-bond acceptors (Lipinski definition) is 3. The number of ether oxygens (including phenoxy) is 1. The SMILES string of the molecule is O=C(Nc1cc(F)ccc1N1CCCCC1)C1COc2ccccc2C1. The summed E-state index contributed by atoms with van der Waals surface area (Å²) >= 11 is 0. The van der Waals surface area contributed by atoms with Gasteiger partial charge in [0.15, 0.2) is 0 Å². The van der Waals surface area contributed by atoms with Crippen LogP contribution in [-0.4, -0.2) is 25.6 Å². The summed E-state index contributed by atoms with van der Waals surface area (Å²) in [5.41, 5.74) is 2.49. The Morgan fingerprint density at radius 2 is 1.92 bits per heavy atom. The summed E-state index contributed by atoms with van der Waals surface area (Å²) in [5, 5.41) is 2.95. The molecule has 0 saturated carbocycles. The fourth-order valence-corrected chi connectivity index (χ4v) is 3.75. The highest BCUT2D eigenvalue weighted by molar-refractivity contribution is 5.96. The Hall–Kier alpha value is -2.56. The summed E-state index contributed by atoms with van der Waals surface area (Å²) in [4.78, 5) is 15.0. The maximum Gasteiger partial charge on any atom is 0.231 e. The Morgan fingerprint density at radius 1 is 1.12 bits per heavy atom. The van der Waals surface area contributed by atoms with Gasteiger partial charge in [-0.25, -0.2) is 4.39 Å². The second-order valence-electron chi connectivity index (χ2n) is 7.02. The Bertz CT molecular complexity index is 802. The van der Waals surface area contributed by atoms with Crippen molar-refractivity contribution in [3.63, 3.8) is 0 Å². The van der Waals surface area contributed by atoms with Crippen LogP contribution in [0.25, 0.3) is 0 Å². The number of nitrogens with one attached hydrogen (secondary N) is 1. The topological polar surface area (TPSA) is 41.6 Å². The quantitative estimate of drug-likeness (QED) is 0.906. The van der Waals surface area contributed by atoms with Crippen LogP contribution in [0.4, 0.5) is 15.8 Å².